The van der Waals surface area contributed by atoms with Gasteiger partial charge in [-0.25, -0.2) is 4.79 Å². The van der Waals surface area contributed by atoms with Crippen LogP contribution in [0.25, 0.3) is 0 Å². The van der Waals surface area contributed by atoms with E-state index in [-0.39, 0.29) is 5.41 Å². The van der Waals surface area contributed by atoms with Crippen LogP contribution in [0.2, 0.25) is 0 Å². The van der Waals surface area contributed by atoms with Gasteiger partial charge in [-0.3, -0.25) is 0 Å². The molecule has 3 heteroatoms. The van der Waals surface area contributed by atoms with Crippen molar-refractivity contribution in [3.63, 3.8) is 0 Å². The summed E-state index contributed by atoms with van der Waals surface area (Å²) in [4.78, 5) is 14.5. The first-order valence-electron chi connectivity index (χ1n) is 7.91. The highest BCUT2D eigenvalue weighted by molar-refractivity contribution is 5.88. The highest BCUT2D eigenvalue weighted by Gasteiger charge is 2.53. The summed E-state index contributed by atoms with van der Waals surface area (Å²) in [6.45, 7) is 4.06. The lowest BCUT2D eigenvalue weighted by atomic mass is 9.47. The number of aromatic carboxylic acids is 1. The van der Waals surface area contributed by atoms with E-state index in [0.717, 1.165) is 29.0 Å². The molecule has 108 valence electrons. The number of aromatic amines is 1. The minimum Gasteiger partial charge on any atom is -0.477 e. The number of hydrogen-bond acceptors (Lipinski definition) is 1. The van der Waals surface area contributed by atoms with Crippen molar-refractivity contribution in [1.29, 1.82) is 0 Å². The largest absolute Gasteiger partial charge is 0.477 e. The molecule has 0 aliphatic heterocycles. The predicted octanol–water partition coefficient (Wildman–Crippen LogP) is 3.80. The van der Waals surface area contributed by atoms with Gasteiger partial charge in [0.15, 0.2) is 0 Å². The van der Waals surface area contributed by atoms with Crippen molar-refractivity contribution in [2.75, 3.05) is 0 Å². The highest BCUT2D eigenvalue weighted by atomic mass is 16.4. The van der Waals surface area contributed by atoms with Crippen molar-refractivity contribution >= 4 is 5.97 Å². The summed E-state index contributed by atoms with van der Waals surface area (Å²) >= 11 is 0. The maximum atomic E-state index is 11.4. The Morgan fingerprint density at radius 1 is 1.10 bits per heavy atom. The molecule has 3 nitrogen and oxygen atoms in total. The van der Waals surface area contributed by atoms with Crippen LogP contribution in [0.1, 0.15) is 65.8 Å². The molecule has 4 aliphatic carbocycles. The summed E-state index contributed by atoms with van der Waals surface area (Å²) in [6.07, 6.45) is 8.14. The Hall–Kier alpha value is -1.25. The van der Waals surface area contributed by atoms with E-state index in [1.165, 1.54) is 44.1 Å². The Balaban J connectivity index is 1.83. The van der Waals surface area contributed by atoms with Gasteiger partial charge in [-0.1, -0.05) is 0 Å². The lowest BCUT2D eigenvalue weighted by Crippen LogP contribution is -2.49. The number of carbonyl (C=O) groups is 1. The van der Waals surface area contributed by atoms with E-state index in [9.17, 15) is 9.90 Å². The molecule has 0 unspecified atom stereocenters. The Kier molecular flexibility index (Phi) is 2.43. The molecule has 5 rings (SSSR count). The van der Waals surface area contributed by atoms with E-state index in [4.69, 9.17) is 0 Å². The molecule has 4 fully saturated rings. The number of carboxylic acids is 1. The average Bonchev–Trinajstić information content (AvgIpc) is 2.63. The Morgan fingerprint density at radius 3 is 2.00 bits per heavy atom. The summed E-state index contributed by atoms with van der Waals surface area (Å²) in [5.41, 5.74) is 4.15. The van der Waals surface area contributed by atoms with Crippen LogP contribution in [0.5, 0.6) is 0 Å². The van der Waals surface area contributed by atoms with Gasteiger partial charge in [0.1, 0.15) is 5.69 Å². The fraction of sp³-hybridized carbons (Fsp3) is 0.706. The zero-order chi connectivity index (χ0) is 14.1. The van der Waals surface area contributed by atoms with E-state index < -0.39 is 5.97 Å². The third-order valence-electron chi connectivity index (χ3n) is 6.22. The summed E-state index contributed by atoms with van der Waals surface area (Å²) in [6, 6.07) is 0. The molecule has 4 saturated carbocycles. The van der Waals surface area contributed by atoms with Crippen LogP contribution in [0.15, 0.2) is 0 Å². The van der Waals surface area contributed by atoms with Crippen LogP contribution >= 0.6 is 0 Å². The zero-order valence-corrected chi connectivity index (χ0v) is 12.3. The van der Waals surface area contributed by atoms with E-state index in [0.29, 0.717) is 5.69 Å². The third-order valence-corrected chi connectivity index (χ3v) is 6.22. The molecule has 0 radical (unpaired) electrons. The summed E-state index contributed by atoms with van der Waals surface area (Å²) < 4.78 is 0. The van der Waals surface area contributed by atoms with E-state index in [1.54, 1.807) is 0 Å². The first-order chi connectivity index (χ1) is 9.48. The molecule has 0 spiro atoms. The molecular formula is C17H23NO2. The van der Waals surface area contributed by atoms with Gasteiger partial charge in [0.2, 0.25) is 0 Å². The van der Waals surface area contributed by atoms with E-state index >= 15 is 0 Å². The number of aryl methyl sites for hydroxylation is 1. The van der Waals surface area contributed by atoms with Gasteiger partial charge >= 0.3 is 5.97 Å². The van der Waals surface area contributed by atoms with Crippen molar-refractivity contribution in [3.05, 3.63) is 22.5 Å². The third kappa shape index (κ3) is 1.55. The van der Waals surface area contributed by atoms with Gasteiger partial charge in [-0.05, 0) is 86.7 Å². The van der Waals surface area contributed by atoms with Gasteiger partial charge < -0.3 is 10.1 Å². The van der Waals surface area contributed by atoms with Crippen LogP contribution < -0.4 is 0 Å². The molecule has 2 N–H and O–H groups in total. The number of hydrogen-bond donors (Lipinski definition) is 2. The molecule has 4 bridgehead atoms. The van der Waals surface area contributed by atoms with Crippen molar-refractivity contribution < 1.29 is 9.90 Å². The molecule has 0 aromatic carbocycles. The number of H-pyrrole nitrogens is 1. The zero-order valence-electron chi connectivity index (χ0n) is 12.3. The van der Waals surface area contributed by atoms with Crippen LogP contribution in [0.4, 0.5) is 0 Å². The van der Waals surface area contributed by atoms with Crippen molar-refractivity contribution in [1.82, 2.24) is 4.98 Å². The first-order valence-corrected chi connectivity index (χ1v) is 7.91. The van der Waals surface area contributed by atoms with Gasteiger partial charge in [0, 0.05) is 5.69 Å². The van der Waals surface area contributed by atoms with Crippen molar-refractivity contribution in [3.8, 4) is 0 Å². The lowest BCUT2D eigenvalue weighted by molar-refractivity contribution is -0.00567. The SMILES string of the molecule is Cc1[nH]c(C(=O)O)c(C)c1C12CC3CC(CC(C3)C1)C2. The molecule has 1 heterocycles. The minimum absolute atomic E-state index is 0.285. The van der Waals surface area contributed by atoms with Crippen molar-refractivity contribution in [2.45, 2.75) is 57.8 Å². The summed E-state index contributed by atoms with van der Waals surface area (Å²) in [5, 5.41) is 9.35. The van der Waals surface area contributed by atoms with Crippen LogP contribution in [0.3, 0.4) is 0 Å². The Morgan fingerprint density at radius 2 is 1.60 bits per heavy atom. The minimum atomic E-state index is -0.818. The van der Waals surface area contributed by atoms with Gasteiger partial charge in [0.25, 0.3) is 0 Å². The number of rotatable bonds is 2. The normalized spacial score (nSPS) is 38.4. The van der Waals surface area contributed by atoms with Crippen LogP contribution in [-0.4, -0.2) is 16.1 Å². The monoisotopic (exact) mass is 273 g/mol. The maximum absolute atomic E-state index is 11.4. The quantitative estimate of drug-likeness (QED) is 0.861. The molecule has 0 amide bonds. The highest BCUT2D eigenvalue weighted by Crippen LogP contribution is 2.61. The Bertz CT molecular complexity index is 549. The van der Waals surface area contributed by atoms with Crippen LogP contribution in [-0.2, 0) is 5.41 Å². The number of carboxylic acid groups (broad SMARTS) is 1. The fourth-order valence-corrected chi connectivity index (χ4v) is 6.18. The second-order valence-corrected chi connectivity index (χ2v) is 7.63. The van der Waals surface area contributed by atoms with Gasteiger partial charge in [0.05, 0.1) is 0 Å². The molecule has 0 atom stereocenters. The molecule has 1 aromatic rings. The van der Waals surface area contributed by atoms with Gasteiger partial charge in [-0.15, -0.1) is 0 Å². The smallest absolute Gasteiger partial charge is 0.352 e. The Labute approximate surface area is 119 Å². The second kappa shape index (κ2) is 3.90. The molecule has 1 aromatic heterocycles. The summed E-state index contributed by atoms with van der Waals surface area (Å²) in [7, 11) is 0. The van der Waals surface area contributed by atoms with E-state index in [2.05, 4.69) is 11.9 Å². The number of nitrogens with one attached hydrogen (secondary N) is 1. The number of aromatic nitrogens is 1. The predicted molar refractivity (Wildman–Crippen MR) is 77.1 cm³/mol. The van der Waals surface area contributed by atoms with Crippen molar-refractivity contribution in [2.24, 2.45) is 17.8 Å². The topological polar surface area (TPSA) is 53.1 Å². The molecule has 0 saturated heterocycles. The maximum Gasteiger partial charge on any atom is 0.352 e. The van der Waals surface area contributed by atoms with E-state index in [1.807, 2.05) is 6.92 Å². The lowest BCUT2D eigenvalue weighted by Gasteiger charge is -2.57. The average molecular weight is 273 g/mol. The fourth-order valence-electron chi connectivity index (χ4n) is 6.18. The molecular weight excluding hydrogens is 250 g/mol. The van der Waals surface area contributed by atoms with Gasteiger partial charge in [-0.2, -0.15) is 0 Å². The summed E-state index contributed by atoms with van der Waals surface area (Å²) in [5.74, 6) is 1.86. The molecule has 20 heavy (non-hydrogen) atoms. The second-order valence-electron chi connectivity index (χ2n) is 7.63. The molecule has 4 aliphatic rings. The standard InChI is InChI=1S/C17H23NO2/c1-9-14(10(2)18-15(9)16(19)20)17-6-11-3-12(7-17)5-13(4-11)8-17/h11-13,18H,3-8H2,1-2H3,(H,19,20). The first kappa shape index (κ1) is 12.5. The van der Waals surface area contributed by atoms with Crippen LogP contribution in [0, 0.1) is 31.6 Å².